The van der Waals surface area contributed by atoms with Crippen molar-refractivity contribution in [3.63, 3.8) is 0 Å². The number of hydrogen-bond donors (Lipinski definition) is 3. The molecule has 0 unspecified atom stereocenters. The first-order valence-electron chi connectivity index (χ1n) is 14.5. The summed E-state index contributed by atoms with van der Waals surface area (Å²) in [6, 6.07) is 8.99. The monoisotopic (exact) mass is 569 g/mol. The third-order valence-electron chi connectivity index (χ3n) is 8.35. The van der Waals surface area contributed by atoms with Crippen molar-refractivity contribution in [3.05, 3.63) is 41.5 Å². The maximum atomic E-state index is 13.8. The van der Waals surface area contributed by atoms with Crippen LogP contribution in [0.2, 0.25) is 0 Å². The van der Waals surface area contributed by atoms with Gasteiger partial charge in [0.05, 0.1) is 22.6 Å². The molecule has 4 N–H and O–H groups in total. The molecule has 3 fully saturated rings. The molecule has 10 heteroatoms. The number of piperidine rings is 2. The van der Waals surface area contributed by atoms with Crippen LogP contribution in [0, 0.1) is 12.3 Å². The van der Waals surface area contributed by atoms with Crippen LogP contribution in [0.25, 0.3) is 0 Å². The van der Waals surface area contributed by atoms with Crippen molar-refractivity contribution < 1.29 is 23.1 Å². The van der Waals surface area contributed by atoms with Gasteiger partial charge in [0.25, 0.3) is 11.8 Å². The number of alkyl halides is 2. The number of nitrogens with two attached hydrogens (primary N) is 1. The van der Waals surface area contributed by atoms with E-state index >= 15 is 0 Å². The molecule has 2 saturated heterocycles. The minimum atomic E-state index is -2.63. The number of anilines is 5. The second kappa shape index (κ2) is 10.7. The van der Waals surface area contributed by atoms with Crippen LogP contribution in [-0.4, -0.2) is 49.7 Å². The number of halogens is 2. The molecule has 2 amide bonds. The average Bonchev–Trinajstić information content (AvgIpc) is 3.62. The van der Waals surface area contributed by atoms with Crippen molar-refractivity contribution >= 4 is 40.4 Å². The van der Waals surface area contributed by atoms with Crippen LogP contribution < -0.4 is 26.2 Å². The van der Waals surface area contributed by atoms with Crippen LogP contribution in [0.5, 0.6) is 0 Å². The zero-order valence-corrected chi connectivity index (χ0v) is 24.4. The van der Waals surface area contributed by atoms with Crippen LogP contribution in [0.1, 0.15) is 75.2 Å². The summed E-state index contributed by atoms with van der Waals surface area (Å²) < 4.78 is 32.9. The van der Waals surface area contributed by atoms with E-state index in [1.54, 1.807) is 32.9 Å². The van der Waals surface area contributed by atoms with Crippen LogP contribution in [-0.2, 0) is 4.74 Å². The highest BCUT2D eigenvalue weighted by molar-refractivity contribution is 6.10. The van der Waals surface area contributed by atoms with E-state index in [-0.39, 0.29) is 37.5 Å². The molecule has 5 rings (SSSR count). The van der Waals surface area contributed by atoms with Crippen LogP contribution >= 0.6 is 0 Å². The van der Waals surface area contributed by atoms with Gasteiger partial charge < -0.3 is 25.6 Å². The molecule has 1 saturated carbocycles. The highest BCUT2D eigenvalue weighted by Crippen LogP contribution is 2.54. The highest BCUT2D eigenvalue weighted by atomic mass is 19.3. The van der Waals surface area contributed by atoms with Crippen LogP contribution in [0.4, 0.5) is 42.0 Å². The Labute approximate surface area is 240 Å². The first-order chi connectivity index (χ1) is 19.2. The number of nitrogens with one attached hydrogen (secondary N) is 2. The second-order valence-corrected chi connectivity index (χ2v) is 12.9. The zero-order chi connectivity index (χ0) is 29.6. The van der Waals surface area contributed by atoms with E-state index in [0.29, 0.717) is 28.0 Å². The molecule has 0 atom stereocenters. The van der Waals surface area contributed by atoms with Gasteiger partial charge in [-0.15, -0.1) is 0 Å². The predicted molar refractivity (Wildman–Crippen MR) is 159 cm³/mol. The molecule has 3 aliphatic rings. The van der Waals surface area contributed by atoms with Crippen LogP contribution in [0.15, 0.2) is 30.3 Å². The largest absolute Gasteiger partial charge is 0.444 e. The molecule has 0 aromatic heterocycles. The molecule has 1 aliphatic carbocycles. The Morgan fingerprint density at radius 1 is 0.878 bits per heavy atom. The van der Waals surface area contributed by atoms with Crippen LogP contribution in [0.3, 0.4) is 0 Å². The Kier molecular flexibility index (Phi) is 7.55. The van der Waals surface area contributed by atoms with Gasteiger partial charge in [-0.05, 0) is 94.7 Å². The molecule has 2 heterocycles. The van der Waals surface area contributed by atoms with E-state index in [1.165, 1.54) is 12.8 Å². The van der Waals surface area contributed by atoms with Crippen molar-refractivity contribution in [2.24, 2.45) is 5.41 Å². The van der Waals surface area contributed by atoms with Gasteiger partial charge in [0.15, 0.2) is 0 Å². The van der Waals surface area contributed by atoms with E-state index in [2.05, 4.69) is 15.5 Å². The maximum Gasteiger partial charge on any atom is 0.412 e. The Balaban J connectivity index is 1.40. The van der Waals surface area contributed by atoms with Crippen molar-refractivity contribution in [2.45, 2.75) is 77.7 Å². The standard InChI is InChI=1S/C31H41F2N5O3/c1-20-15-21(17-22(16-20)37-13-9-31(32,33)10-14-37)35-27(39)23-18-24(34)25(36-28(40)41-29(2,3)4)19-26(23)38-11-7-30(5-6-30)8-12-38/h15-19H,5-14,34H2,1-4H3,(H,35,39)(H,36,40). The van der Waals surface area contributed by atoms with E-state index < -0.39 is 17.6 Å². The molecular formula is C31H41F2N5O3. The quantitative estimate of drug-likeness (QED) is 0.343. The molecule has 41 heavy (non-hydrogen) atoms. The first kappa shape index (κ1) is 29.0. The van der Waals surface area contributed by atoms with Gasteiger partial charge in [-0.1, -0.05) is 0 Å². The zero-order valence-electron chi connectivity index (χ0n) is 24.4. The lowest BCUT2D eigenvalue weighted by Crippen LogP contribution is -2.39. The minimum Gasteiger partial charge on any atom is -0.444 e. The topological polar surface area (TPSA) is 99.9 Å². The molecule has 2 aromatic carbocycles. The number of nitrogen functional groups attached to an aromatic ring is 1. The number of ether oxygens (including phenoxy) is 1. The third kappa shape index (κ3) is 7.02. The van der Waals surface area contributed by atoms with Gasteiger partial charge in [-0.3, -0.25) is 10.1 Å². The van der Waals surface area contributed by atoms with Gasteiger partial charge in [0, 0.05) is 50.4 Å². The summed E-state index contributed by atoms with van der Waals surface area (Å²) in [7, 11) is 0. The minimum absolute atomic E-state index is 0.188. The number of carbonyl (C=O) groups excluding carboxylic acids is 2. The second-order valence-electron chi connectivity index (χ2n) is 12.9. The molecule has 1 spiro atoms. The Morgan fingerprint density at radius 3 is 2.12 bits per heavy atom. The Bertz CT molecular complexity index is 1320. The summed E-state index contributed by atoms with van der Waals surface area (Å²) in [6.07, 6.45) is 3.63. The Morgan fingerprint density at radius 2 is 1.51 bits per heavy atom. The molecule has 0 radical (unpaired) electrons. The van der Waals surface area contributed by atoms with Gasteiger partial charge in [-0.2, -0.15) is 0 Å². The highest BCUT2D eigenvalue weighted by Gasteiger charge is 2.44. The summed E-state index contributed by atoms with van der Waals surface area (Å²) in [4.78, 5) is 30.4. The summed E-state index contributed by atoms with van der Waals surface area (Å²) in [5.74, 6) is -2.96. The molecule has 0 bridgehead atoms. The number of aryl methyl sites for hydroxylation is 1. The number of carbonyl (C=O) groups is 2. The molecule has 8 nitrogen and oxygen atoms in total. The SMILES string of the molecule is Cc1cc(NC(=O)c2cc(N)c(NC(=O)OC(C)(C)C)cc2N2CCC3(CC2)CC3)cc(N2CCC(F)(F)CC2)c1. The molecule has 222 valence electrons. The summed E-state index contributed by atoms with van der Waals surface area (Å²) >= 11 is 0. The average molecular weight is 570 g/mol. The number of amides is 2. The van der Waals surface area contributed by atoms with E-state index in [9.17, 15) is 18.4 Å². The van der Waals surface area contributed by atoms with Crippen molar-refractivity contribution in [1.29, 1.82) is 0 Å². The Hall–Kier alpha value is -3.56. The van der Waals surface area contributed by atoms with Crippen molar-refractivity contribution in [1.82, 2.24) is 0 Å². The fourth-order valence-electron chi connectivity index (χ4n) is 5.78. The van der Waals surface area contributed by atoms with Crippen molar-refractivity contribution in [2.75, 3.05) is 52.3 Å². The van der Waals surface area contributed by atoms with E-state index in [4.69, 9.17) is 10.5 Å². The maximum absolute atomic E-state index is 13.8. The third-order valence-corrected chi connectivity index (χ3v) is 8.35. The summed E-state index contributed by atoms with van der Waals surface area (Å²) in [5, 5.41) is 5.76. The van der Waals surface area contributed by atoms with Gasteiger partial charge in [0.2, 0.25) is 0 Å². The van der Waals surface area contributed by atoms with Gasteiger partial charge >= 0.3 is 6.09 Å². The predicted octanol–water partition coefficient (Wildman–Crippen LogP) is 6.79. The fourth-order valence-corrected chi connectivity index (χ4v) is 5.78. The number of rotatable bonds is 5. The number of benzene rings is 2. The number of hydrogen-bond acceptors (Lipinski definition) is 6. The van der Waals surface area contributed by atoms with E-state index in [0.717, 1.165) is 37.2 Å². The lowest BCUT2D eigenvalue weighted by atomic mass is 9.92. The molecule has 2 aliphatic heterocycles. The summed E-state index contributed by atoms with van der Waals surface area (Å²) in [6.45, 7) is 9.41. The molecular weight excluding hydrogens is 528 g/mol. The fraction of sp³-hybridized carbons (Fsp3) is 0.548. The number of nitrogens with zero attached hydrogens (tertiary/aromatic N) is 2. The summed E-state index contributed by atoms with van der Waals surface area (Å²) in [5.41, 5.74) is 10.2. The van der Waals surface area contributed by atoms with Gasteiger partial charge in [0.1, 0.15) is 5.60 Å². The lowest BCUT2D eigenvalue weighted by molar-refractivity contribution is -0.0220. The van der Waals surface area contributed by atoms with Crippen molar-refractivity contribution in [3.8, 4) is 0 Å². The van der Waals surface area contributed by atoms with Gasteiger partial charge in [-0.25, -0.2) is 13.6 Å². The first-order valence-corrected chi connectivity index (χ1v) is 14.5. The molecule has 2 aromatic rings. The smallest absolute Gasteiger partial charge is 0.412 e. The lowest BCUT2D eigenvalue weighted by Gasteiger charge is -2.35. The van der Waals surface area contributed by atoms with E-state index in [1.807, 2.05) is 30.0 Å². The normalized spacial score (nSPS) is 19.6.